The summed E-state index contributed by atoms with van der Waals surface area (Å²) >= 11 is 0. The maximum absolute atomic E-state index is 13.9. The Morgan fingerprint density at radius 3 is 2.18 bits per heavy atom. The normalized spacial score (nSPS) is 12.7. The second kappa shape index (κ2) is 9.64. The van der Waals surface area contributed by atoms with Gasteiger partial charge in [0, 0.05) is 19.8 Å². The molecule has 0 saturated heterocycles. The average molecular weight is 385 g/mol. The van der Waals surface area contributed by atoms with Crippen LogP contribution in [0.15, 0.2) is 48.5 Å². The predicted octanol–water partition coefficient (Wildman–Crippen LogP) is 1.39. The molecule has 0 heterocycles. The fraction of sp³-hybridized carbons (Fsp3) is 0.286. The molecule has 0 aromatic heterocycles. The number of carbonyl (C=O) groups is 3. The van der Waals surface area contributed by atoms with Gasteiger partial charge < -0.3 is 16.4 Å². The number of primary amides is 1. The number of rotatable bonds is 8. The summed E-state index contributed by atoms with van der Waals surface area (Å²) in [6, 6.07) is 11.5. The fourth-order valence-electron chi connectivity index (χ4n) is 2.79. The Kier molecular flexibility index (Phi) is 7.26. The van der Waals surface area contributed by atoms with Crippen LogP contribution in [0.1, 0.15) is 23.6 Å². The van der Waals surface area contributed by atoms with Gasteiger partial charge in [-0.2, -0.15) is 0 Å². The van der Waals surface area contributed by atoms with Crippen LogP contribution in [0.25, 0.3) is 0 Å². The highest BCUT2D eigenvalue weighted by atomic mass is 19.1. The highest BCUT2D eigenvalue weighted by Gasteiger charge is 2.26. The Morgan fingerprint density at radius 1 is 0.964 bits per heavy atom. The molecule has 0 aliphatic carbocycles. The van der Waals surface area contributed by atoms with Gasteiger partial charge in [-0.3, -0.25) is 14.4 Å². The molecule has 0 radical (unpaired) electrons. The minimum atomic E-state index is -1.03. The molecule has 7 heteroatoms. The monoisotopic (exact) mass is 385 g/mol. The lowest BCUT2D eigenvalue weighted by molar-refractivity contribution is -0.130. The SMILES string of the molecule is CC(=O)N[C@H](Cc1ccccc1F)C(=O)N[C@H](Cc1ccc(C)cc1)C(N)=O. The summed E-state index contributed by atoms with van der Waals surface area (Å²) in [5.74, 6) is -2.21. The van der Waals surface area contributed by atoms with Gasteiger partial charge in [0.25, 0.3) is 0 Å². The molecule has 2 aromatic rings. The standard InChI is InChI=1S/C21H24FN3O3/c1-13-7-9-15(10-8-13)11-18(20(23)27)25-21(28)19(24-14(2)26)12-16-5-3-4-6-17(16)22/h3-10,18-19H,11-12H2,1-2H3,(H2,23,27)(H,24,26)(H,25,28)/t18-,19-/m1/s1. The van der Waals surface area contributed by atoms with Gasteiger partial charge >= 0.3 is 0 Å². The maximum Gasteiger partial charge on any atom is 0.243 e. The zero-order chi connectivity index (χ0) is 20.7. The lowest BCUT2D eigenvalue weighted by Gasteiger charge is -2.22. The third-order valence-electron chi connectivity index (χ3n) is 4.30. The quantitative estimate of drug-likeness (QED) is 0.640. The first-order valence-electron chi connectivity index (χ1n) is 8.92. The topological polar surface area (TPSA) is 101 Å². The largest absolute Gasteiger partial charge is 0.368 e. The van der Waals surface area contributed by atoms with Crippen molar-refractivity contribution in [3.8, 4) is 0 Å². The molecular formula is C21H24FN3O3. The number of carbonyl (C=O) groups excluding carboxylic acids is 3. The van der Waals surface area contributed by atoms with E-state index in [1.807, 2.05) is 31.2 Å². The second-order valence-corrected chi connectivity index (χ2v) is 6.70. The van der Waals surface area contributed by atoms with Crippen molar-refractivity contribution in [3.63, 3.8) is 0 Å². The van der Waals surface area contributed by atoms with Crippen molar-refractivity contribution < 1.29 is 18.8 Å². The molecule has 6 nitrogen and oxygen atoms in total. The Balaban J connectivity index is 2.14. The Bertz CT molecular complexity index is 852. The molecule has 0 spiro atoms. The molecule has 0 bridgehead atoms. The number of nitrogens with one attached hydrogen (secondary N) is 2. The zero-order valence-corrected chi connectivity index (χ0v) is 15.9. The molecule has 0 saturated carbocycles. The van der Waals surface area contributed by atoms with E-state index in [1.165, 1.54) is 25.1 Å². The van der Waals surface area contributed by atoms with Crippen molar-refractivity contribution in [1.82, 2.24) is 10.6 Å². The number of halogens is 1. The summed E-state index contributed by atoms with van der Waals surface area (Å²) in [6.45, 7) is 3.21. The van der Waals surface area contributed by atoms with Crippen molar-refractivity contribution in [2.24, 2.45) is 5.73 Å². The Morgan fingerprint density at radius 2 is 1.61 bits per heavy atom. The third-order valence-corrected chi connectivity index (χ3v) is 4.30. The molecule has 0 fully saturated rings. The van der Waals surface area contributed by atoms with Crippen molar-refractivity contribution in [2.75, 3.05) is 0 Å². The van der Waals surface area contributed by atoms with E-state index < -0.39 is 35.6 Å². The minimum absolute atomic E-state index is 0.0475. The highest BCUT2D eigenvalue weighted by molar-refractivity contribution is 5.91. The number of amides is 3. The highest BCUT2D eigenvalue weighted by Crippen LogP contribution is 2.11. The number of benzene rings is 2. The van der Waals surface area contributed by atoms with E-state index in [-0.39, 0.29) is 18.4 Å². The van der Waals surface area contributed by atoms with Gasteiger partial charge in [-0.15, -0.1) is 0 Å². The molecule has 3 amide bonds. The third kappa shape index (κ3) is 6.19. The van der Waals surface area contributed by atoms with Crippen LogP contribution < -0.4 is 16.4 Å². The van der Waals surface area contributed by atoms with Crippen molar-refractivity contribution >= 4 is 17.7 Å². The lowest BCUT2D eigenvalue weighted by Crippen LogP contribution is -2.54. The van der Waals surface area contributed by atoms with Crippen LogP contribution in [0, 0.1) is 12.7 Å². The van der Waals surface area contributed by atoms with E-state index in [2.05, 4.69) is 10.6 Å². The molecule has 28 heavy (non-hydrogen) atoms. The first-order valence-corrected chi connectivity index (χ1v) is 8.92. The van der Waals surface area contributed by atoms with Gasteiger partial charge in [0.2, 0.25) is 17.7 Å². The van der Waals surface area contributed by atoms with Crippen LogP contribution in [-0.4, -0.2) is 29.8 Å². The van der Waals surface area contributed by atoms with Crippen LogP contribution in [0.3, 0.4) is 0 Å². The summed E-state index contributed by atoms with van der Waals surface area (Å²) in [5, 5.41) is 5.08. The van der Waals surface area contributed by atoms with E-state index in [1.54, 1.807) is 6.07 Å². The summed E-state index contributed by atoms with van der Waals surface area (Å²) in [4.78, 5) is 36.0. The summed E-state index contributed by atoms with van der Waals surface area (Å²) in [5.41, 5.74) is 7.62. The smallest absolute Gasteiger partial charge is 0.243 e. The molecule has 2 aromatic carbocycles. The summed E-state index contributed by atoms with van der Waals surface area (Å²) in [7, 11) is 0. The molecule has 148 valence electrons. The van der Waals surface area contributed by atoms with Crippen molar-refractivity contribution in [3.05, 3.63) is 71.0 Å². The summed E-state index contributed by atoms with van der Waals surface area (Å²) < 4.78 is 13.9. The van der Waals surface area contributed by atoms with Crippen LogP contribution in [0.4, 0.5) is 4.39 Å². The minimum Gasteiger partial charge on any atom is -0.368 e. The first-order chi connectivity index (χ1) is 13.3. The predicted molar refractivity (Wildman–Crippen MR) is 104 cm³/mol. The van der Waals surface area contributed by atoms with E-state index in [9.17, 15) is 18.8 Å². The molecule has 0 aliphatic rings. The fourth-order valence-corrected chi connectivity index (χ4v) is 2.79. The van der Waals surface area contributed by atoms with E-state index in [4.69, 9.17) is 5.73 Å². The molecular weight excluding hydrogens is 361 g/mol. The van der Waals surface area contributed by atoms with Gasteiger partial charge in [0.05, 0.1) is 0 Å². The maximum atomic E-state index is 13.9. The molecule has 0 unspecified atom stereocenters. The number of hydrogen-bond acceptors (Lipinski definition) is 3. The van der Waals surface area contributed by atoms with E-state index in [0.717, 1.165) is 11.1 Å². The van der Waals surface area contributed by atoms with E-state index >= 15 is 0 Å². The molecule has 2 rings (SSSR count). The molecule has 2 atom stereocenters. The van der Waals surface area contributed by atoms with Crippen molar-refractivity contribution in [1.29, 1.82) is 0 Å². The first kappa shape index (κ1) is 21.1. The van der Waals surface area contributed by atoms with Gasteiger partial charge in [0.1, 0.15) is 17.9 Å². The van der Waals surface area contributed by atoms with E-state index in [0.29, 0.717) is 0 Å². The van der Waals surface area contributed by atoms with Crippen LogP contribution in [0.5, 0.6) is 0 Å². The van der Waals surface area contributed by atoms with Crippen LogP contribution >= 0.6 is 0 Å². The van der Waals surface area contributed by atoms with Gasteiger partial charge in [-0.05, 0) is 24.1 Å². The Labute approximate surface area is 163 Å². The number of nitrogens with two attached hydrogens (primary N) is 1. The van der Waals surface area contributed by atoms with Crippen LogP contribution in [-0.2, 0) is 27.2 Å². The van der Waals surface area contributed by atoms with Crippen LogP contribution in [0.2, 0.25) is 0 Å². The van der Waals surface area contributed by atoms with Gasteiger partial charge in [-0.25, -0.2) is 4.39 Å². The van der Waals surface area contributed by atoms with Gasteiger partial charge in [-0.1, -0.05) is 48.0 Å². The Hall–Kier alpha value is -3.22. The number of hydrogen-bond donors (Lipinski definition) is 3. The summed E-state index contributed by atoms with van der Waals surface area (Å²) in [6.07, 6.45) is 0.169. The average Bonchev–Trinajstić information content (AvgIpc) is 2.63. The zero-order valence-electron chi connectivity index (χ0n) is 15.9. The van der Waals surface area contributed by atoms with Crippen molar-refractivity contribution in [2.45, 2.75) is 38.8 Å². The number of aryl methyl sites for hydroxylation is 1. The second-order valence-electron chi connectivity index (χ2n) is 6.70. The molecule has 4 N–H and O–H groups in total. The lowest BCUT2D eigenvalue weighted by atomic mass is 10.0. The molecule has 0 aliphatic heterocycles. The van der Waals surface area contributed by atoms with Gasteiger partial charge in [0.15, 0.2) is 0 Å².